The number of hydrogen-bond donors (Lipinski definition) is 1. The Hall–Kier alpha value is -1.70. The van der Waals surface area contributed by atoms with Gasteiger partial charge in [-0.05, 0) is 48.9 Å². The molecule has 0 unspecified atom stereocenters. The van der Waals surface area contributed by atoms with Crippen LogP contribution >= 0.6 is 23.4 Å². The number of rotatable bonds is 6. The summed E-state index contributed by atoms with van der Waals surface area (Å²) < 4.78 is 40.7. The lowest BCUT2D eigenvalue weighted by Crippen LogP contribution is -2.06. The van der Waals surface area contributed by atoms with Crippen LogP contribution in [0.2, 0.25) is 5.02 Å². The Balaban J connectivity index is 1.92. The molecular formula is C18H16ClF3N2OS. The zero-order valence-corrected chi connectivity index (χ0v) is 15.2. The fourth-order valence-corrected chi connectivity index (χ4v) is 3.59. The second kappa shape index (κ2) is 7.90. The van der Waals surface area contributed by atoms with Crippen LogP contribution in [-0.4, -0.2) is 21.3 Å². The number of aliphatic hydroxyl groups excluding tert-OH is 1. The highest BCUT2D eigenvalue weighted by Crippen LogP contribution is 2.32. The van der Waals surface area contributed by atoms with E-state index in [9.17, 15) is 13.2 Å². The second-order valence-corrected chi connectivity index (χ2v) is 7.19. The molecular weight excluding hydrogens is 385 g/mol. The molecule has 3 aromatic rings. The Bertz CT molecular complexity index is 894. The van der Waals surface area contributed by atoms with E-state index in [1.54, 1.807) is 12.1 Å². The van der Waals surface area contributed by atoms with Gasteiger partial charge in [-0.2, -0.15) is 13.2 Å². The quantitative estimate of drug-likeness (QED) is 0.564. The van der Waals surface area contributed by atoms with Gasteiger partial charge in [0.1, 0.15) is 5.82 Å². The van der Waals surface area contributed by atoms with E-state index in [2.05, 4.69) is 4.98 Å². The van der Waals surface area contributed by atoms with Gasteiger partial charge in [-0.3, -0.25) is 0 Å². The van der Waals surface area contributed by atoms with E-state index in [1.807, 2.05) is 16.7 Å². The van der Waals surface area contributed by atoms with Crippen LogP contribution in [0.1, 0.15) is 17.8 Å². The van der Waals surface area contributed by atoms with Crippen molar-refractivity contribution < 1.29 is 18.3 Å². The Morgan fingerprint density at radius 2 is 1.85 bits per heavy atom. The molecule has 0 spiro atoms. The number of fused-ring (bicyclic) bond motifs is 1. The summed E-state index contributed by atoms with van der Waals surface area (Å²) in [7, 11) is 0. The second-order valence-electron chi connectivity index (χ2n) is 5.70. The Morgan fingerprint density at radius 3 is 2.50 bits per heavy atom. The number of alkyl halides is 3. The van der Waals surface area contributed by atoms with Gasteiger partial charge in [0.2, 0.25) is 0 Å². The average molecular weight is 401 g/mol. The van der Waals surface area contributed by atoms with Gasteiger partial charge in [0.25, 0.3) is 0 Å². The van der Waals surface area contributed by atoms with Crippen molar-refractivity contribution in [3.05, 3.63) is 58.9 Å². The van der Waals surface area contributed by atoms with Crippen molar-refractivity contribution >= 4 is 34.4 Å². The van der Waals surface area contributed by atoms with Crippen molar-refractivity contribution in [3.63, 3.8) is 0 Å². The summed E-state index contributed by atoms with van der Waals surface area (Å²) in [4.78, 5) is 5.40. The molecule has 0 atom stereocenters. The molecule has 0 saturated heterocycles. The molecule has 0 amide bonds. The molecule has 0 fully saturated rings. The molecule has 0 bridgehead atoms. The molecule has 1 aromatic heterocycles. The number of aliphatic hydroxyl groups is 1. The number of halogens is 4. The van der Waals surface area contributed by atoms with Crippen LogP contribution in [-0.2, 0) is 18.5 Å². The highest BCUT2D eigenvalue weighted by molar-refractivity contribution is 7.98. The molecule has 8 heteroatoms. The van der Waals surface area contributed by atoms with Crippen LogP contribution < -0.4 is 0 Å². The first kappa shape index (κ1) is 19.1. The van der Waals surface area contributed by atoms with Crippen molar-refractivity contribution in [2.45, 2.75) is 29.8 Å². The molecule has 2 aromatic carbocycles. The van der Waals surface area contributed by atoms with Gasteiger partial charge >= 0.3 is 6.18 Å². The molecule has 3 rings (SSSR count). The van der Waals surface area contributed by atoms with E-state index in [0.717, 1.165) is 17.0 Å². The minimum absolute atomic E-state index is 0.00404. The van der Waals surface area contributed by atoms with Gasteiger partial charge < -0.3 is 9.67 Å². The monoisotopic (exact) mass is 400 g/mol. The standard InChI is InChI=1S/C18H16ClF3N2OS/c19-13-3-5-14(6-4-13)26-11-17-23-15-10-12(18(20,21)22)2-7-16(15)24(17)8-1-9-25/h2-7,10,25H,1,8-9,11H2. The summed E-state index contributed by atoms with van der Waals surface area (Å²) in [5, 5.41) is 9.76. The minimum atomic E-state index is -4.40. The maximum absolute atomic E-state index is 12.9. The normalized spacial score (nSPS) is 12.0. The van der Waals surface area contributed by atoms with Crippen LogP contribution in [0.25, 0.3) is 11.0 Å². The molecule has 138 valence electrons. The van der Waals surface area contributed by atoms with Gasteiger partial charge in [-0.15, -0.1) is 11.8 Å². The van der Waals surface area contributed by atoms with Crippen molar-refractivity contribution in [3.8, 4) is 0 Å². The van der Waals surface area contributed by atoms with E-state index in [0.29, 0.717) is 40.6 Å². The van der Waals surface area contributed by atoms with Crippen LogP contribution in [0.5, 0.6) is 0 Å². The van der Waals surface area contributed by atoms with Gasteiger partial charge in [0, 0.05) is 23.1 Å². The fraction of sp³-hybridized carbons (Fsp3) is 0.278. The highest BCUT2D eigenvalue weighted by atomic mass is 35.5. The van der Waals surface area contributed by atoms with Crippen LogP contribution in [0.15, 0.2) is 47.4 Å². The third-order valence-electron chi connectivity index (χ3n) is 3.88. The van der Waals surface area contributed by atoms with Gasteiger partial charge in [-0.1, -0.05) is 11.6 Å². The summed E-state index contributed by atoms with van der Waals surface area (Å²) in [6, 6.07) is 10.9. The van der Waals surface area contributed by atoms with Crippen molar-refractivity contribution in [1.82, 2.24) is 9.55 Å². The number of imidazole rings is 1. The van der Waals surface area contributed by atoms with Crippen LogP contribution in [0.3, 0.4) is 0 Å². The number of thioether (sulfide) groups is 1. The van der Waals surface area contributed by atoms with Crippen molar-refractivity contribution in [1.29, 1.82) is 0 Å². The van der Waals surface area contributed by atoms with E-state index in [1.165, 1.54) is 17.8 Å². The highest BCUT2D eigenvalue weighted by Gasteiger charge is 2.31. The minimum Gasteiger partial charge on any atom is -0.396 e. The number of nitrogens with zero attached hydrogens (tertiary/aromatic N) is 2. The van der Waals surface area contributed by atoms with Crippen LogP contribution in [0.4, 0.5) is 13.2 Å². The molecule has 3 nitrogen and oxygen atoms in total. The van der Waals surface area contributed by atoms with Gasteiger partial charge in [-0.25, -0.2) is 4.98 Å². The molecule has 0 radical (unpaired) electrons. The van der Waals surface area contributed by atoms with Gasteiger partial charge in [0.15, 0.2) is 0 Å². The Labute approximate surface area is 157 Å². The molecule has 1 heterocycles. The third-order valence-corrected chi connectivity index (χ3v) is 5.14. The predicted octanol–water partition coefficient (Wildman–Crippen LogP) is 5.38. The van der Waals surface area contributed by atoms with Crippen LogP contribution in [0, 0.1) is 0 Å². The van der Waals surface area contributed by atoms with E-state index < -0.39 is 11.7 Å². The first-order chi connectivity index (χ1) is 12.4. The maximum Gasteiger partial charge on any atom is 0.416 e. The summed E-state index contributed by atoms with van der Waals surface area (Å²) in [5.41, 5.74) is 0.233. The summed E-state index contributed by atoms with van der Waals surface area (Å²) in [6.07, 6.45) is -3.90. The number of hydrogen-bond acceptors (Lipinski definition) is 3. The third kappa shape index (κ3) is 4.34. The molecule has 0 aliphatic rings. The molecule has 0 saturated carbocycles. The first-order valence-corrected chi connectivity index (χ1v) is 9.30. The number of benzene rings is 2. The van der Waals surface area contributed by atoms with Crippen molar-refractivity contribution in [2.75, 3.05) is 6.61 Å². The summed E-state index contributed by atoms with van der Waals surface area (Å²) in [5.74, 6) is 1.18. The molecule has 0 aliphatic carbocycles. The summed E-state index contributed by atoms with van der Waals surface area (Å²) in [6.45, 7) is 0.499. The smallest absolute Gasteiger partial charge is 0.396 e. The van der Waals surface area contributed by atoms with E-state index in [-0.39, 0.29) is 6.61 Å². The number of aryl methyl sites for hydroxylation is 1. The Morgan fingerprint density at radius 1 is 1.12 bits per heavy atom. The topological polar surface area (TPSA) is 38.0 Å². The largest absolute Gasteiger partial charge is 0.416 e. The lowest BCUT2D eigenvalue weighted by molar-refractivity contribution is -0.137. The zero-order chi connectivity index (χ0) is 18.7. The lowest BCUT2D eigenvalue weighted by Gasteiger charge is -2.09. The maximum atomic E-state index is 12.9. The molecule has 1 N–H and O–H groups in total. The van der Waals surface area contributed by atoms with Crippen molar-refractivity contribution in [2.24, 2.45) is 0 Å². The first-order valence-electron chi connectivity index (χ1n) is 7.94. The van der Waals surface area contributed by atoms with E-state index >= 15 is 0 Å². The summed E-state index contributed by atoms with van der Waals surface area (Å²) >= 11 is 7.40. The molecule has 26 heavy (non-hydrogen) atoms. The Kier molecular flexibility index (Phi) is 5.79. The molecule has 0 aliphatic heterocycles. The number of aromatic nitrogens is 2. The van der Waals surface area contributed by atoms with Gasteiger partial charge in [0.05, 0.1) is 22.3 Å². The average Bonchev–Trinajstić information content (AvgIpc) is 2.95. The van der Waals surface area contributed by atoms with E-state index in [4.69, 9.17) is 16.7 Å². The zero-order valence-electron chi connectivity index (χ0n) is 13.6. The predicted molar refractivity (Wildman–Crippen MR) is 97.5 cm³/mol. The fourth-order valence-electron chi connectivity index (χ4n) is 2.62. The lowest BCUT2D eigenvalue weighted by atomic mass is 10.2. The SMILES string of the molecule is OCCCn1c(CSc2ccc(Cl)cc2)nc2cc(C(F)(F)F)ccc21.